The highest BCUT2D eigenvalue weighted by molar-refractivity contribution is 7.16. The maximum Gasteiger partial charge on any atom is 0.406 e. The smallest absolute Gasteiger partial charge is 0.324 e. The molecule has 0 aliphatic rings. The summed E-state index contributed by atoms with van der Waals surface area (Å²) in [5.41, 5.74) is 0.978. The van der Waals surface area contributed by atoms with Crippen LogP contribution in [0.4, 0.5) is 17.6 Å². The zero-order chi connectivity index (χ0) is 21.0. The van der Waals surface area contributed by atoms with Crippen molar-refractivity contribution in [1.29, 1.82) is 5.26 Å². The lowest BCUT2D eigenvalue weighted by molar-refractivity contribution is -0.141. The summed E-state index contributed by atoms with van der Waals surface area (Å²) in [6.45, 7) is -1.74. The zero-order valence-corrected chi connectivity index (χ0v) is 15.6. The lowest BCUT2D eigenvalue weighted by Gasteiger charge is -2.23. The standard InChI is InChI=1S/C20H13F4N3OS/c21-16-4-2-1-3-15(16)18-26-10-17(29-18)19(28)27(12-20(22,23)24)11-14-7-5-13(9-25)6-8-14/h1-8,10H,11-12H2. The monoisotopic (exact) mass is 419 g/mol. The third kappa shape index (κ3) is 5.18. The lowest BCUT2D eigenvalue weighted by Crippen LogP contribution is -2.38. The van der Waals surface area contributed by atoms with Gasteiger partial charge in [-0.3, -0.25) is 4.79 Å². The summed E-state index contributed by atoms with van der Waals surface area (Å²) >= 11 is 0.826. The lowest BCUT2D eigenvalue weighted by atomic mass is 10.1. The van der Waals surface area contributed by atoms with E-state index in [4.69, 9.17) is 5.26 Å². The quantitative estimate of drug-likeness (QED) is 0.546. The van der Waals surface area contributed by atoms with Gasteiger partial charge in [-0.25, -0.2) is 9.37 Å². The molecule has 0 bridgehead atoms. The summed E-state index contributed by atoms with van der Waals surface area (Å²) in [7, 11) is 0. The maximum atomic E-state index is 13.9. The molecule has 1 amide bonds. The number of carbonyl (C=O) groups is 1. The fourth-order valence-electron chi connectivity index (χ4n) is 2.61. The van der Waals surface area contributed by atoms with Crippen molar-refractivity contribution in [2.45, 2.75) is 12.7 Å². The number of amides is 1. The molecular weight excluding hydrogens is 406 g/mol. The molecular formula is C20H13F4N3OS. The summed E-state index contributed by atoms with van der Waals surface area (Å²) in [6, 6.07) is 13.7. The van der Waals surface area contributed by atoms with Crippen molar-refractivity contribution in [3.63, 3.8) is 0 Å². The molecule has 0 saturated carbocycles. The number of carbonyl (C=O) groups excluding carboxylic acids is 1. The minimum Gasteiger partial charge on any atom is -0.324 e. The molecule has 3 rings (SSSR count). The van der Waals surface area contributed by atoms with E-state index < -0.39 is 24.4 Å². The van der Waals surface area contributed by atoms with Crippen molar-refractivity contribution in [3.05, 3.63) is 76.5 Å². The first-order valence-electron chi connectivity index (χ1n) is 8.32. The molecule has 4 nitrogen and oxygen atoms in total. The minimum absolute atomic E-state index is 0.0267. The van der Waals surface area contributed by atoms with Gasteiger partial charge in [0.1, 0.15) is 22.2 Å². The molecule has 0 saturated heterocycles. The number of halogens is 4. The summed E-state index contributed by atoms with van der Waals surface area (Å²) in [5.74, 6) is -1.39. The molecule has 0 aliphatic carbocycles. The molecule has 0 fully saturated rings. The maximum absolute atomic E-state index is 13.9. The first kappa shape index (κ1) is 20.5. The molecule has 0 radical (unpaired) electrons. The van der Waals surface area contributed by atoms with Gasteiger partial charge in [0, 0.05) is 12.1 Å². The van der Waals surface area contributed by atoms with Crippen LogP contribution in [0.3, 0.4) is 0 Å². The van der Waals surface area contributed by atoms with Gasteiger partial charge in [-0.1, -0.05) is 24.3 Å². The topological polar surface area (TPSA) is 57.0 Å². The SMILES string of the molecule is N#Cc1ccc(CN(CC(F)(F)F)C(=O)c2cnc(-c3ccccc3F)s2)cc1. The van der Waals surface area contributed by atoms with Crippen molar-refractivity contribution in [2.75, 3.05) is 6.54 Å². The highest BCUT2D eigenvalue weighted by Gasteiger charge is 2.34. The molecule has 0 spiro atoms. The third-order valence-electron chi connectivity index (χ3n) is 3.93. The van der Waals surface area contributed by atoms with Crippen LogP contribution < -0.4 is 0 Å². The largest absolute Gasteiger partial charge is 0.406 e. The van der Waals surface area contributed by atoms with Crippen LogP contribution in [0.5, 0.6) is 0 Å². The van der Waals surface area contributed by atoms with E-state index in [0.717, 1.165) is 17.5 Å². The van der Waals surface area contributed by atoms with Crippen LogP contribution >= 0.6 is 11.3 Å². The van der Waals surface area contributed by atoms with Crippen LogP contribution in [0, 0.1) is 17.1 Å². The second-order valence-electron chi connectivity index (χ2n) is 6.09. The van der Waals surface area contributed by atoms with Crippen LogP contribution in [-0.2, 0) is 6.54 Å². The third-order valence-corrected chi connectivity index (χ3v) is 4.95. The summed E-state index contributed by atoms with van der Waals surface area (Å²) < 4.78 is 53.0. The normalized spacial score (nSPS) is 11.1. The van der Waals surface area contributed by atoms with Crippen LogP contribution in [0.15, 0.2) is 54.7 Å². The van der Waals surface area contributed by atoms with Crippen LogP contribution in [0.2, 0.25) is 0 Å². The number of hydrogen-bond acceptors (Lipinski definition) is 4. The second kappa shape index (κ2) is 8.41. The molecule has 0 aliphatic heterocycles. The fourth-order valence-corrected chi connectivity index (χ4v) is 3.52. The number of nitriles is 1. The summed E-state index contributed by atoms with van der Waals surface area (Å²) in [6.07, 6.45) is -3.45. The number of aromatic nitrogens is 1. The Labute approximate surface area is 167 Å². The predicted molar refractivity (Wildman–Crippen MR) is 99.5 cm³/mol. The Bertz CT molecular complexity index is 1050. The Balaban J connectivity index is 1.86. The van der Waals surface area contributed by atoms with Crippen molar-refractivity contribution in [2.24, 2.45) is 0 Å². The average Bonchev–Trinajstić information content (AvgIpc) is 3.16. The Morgan fingerprint density at radius 1 is 1.14 bits per heavy atom. The summed E-state index contributed by atoms with van der Waals surface area (Å²) in [5, 5.41) is 9.03. The molecule has 0 N–H and O–H groups in total. The Kier molecular flexibility index (Phi) is 5.94. The summed E-state index contributed by atoms with van der Waals surface area (Å²) in [4.78, 5) is 17.3. The number of hydrogen-bond donors (Lipinski definition) is 0. The highest BCUT2D eigenvalue weighted by Crippen LogP contribution is 2.29. The molecule has 0 atom stereocenters. The van der Waals surface area contributed by atoms with Gasteiger partial charge in [-0.05, 0) is 29.8 Å². The van der Waals surface area contributed by atoms with E-state index in [1.807, 2.05) is 6.07 Å². The van der Waals surface area contributed by atoms with E-state index in [0.29, 0.717) is 16.0 Å². The Morgan fingerprint density at radius 2 is 1.83 bits per heavy atom. The predicted octanol–water partition coefficient (Wildman–Crippen LogP) is 5.03. The van der Waals surface area contributed by atoms with E-state index >= 15 is 0 Å². The van der Waals surface area contributed by atoms with Crippen molar-refractivity contribution in [1.82, 2.24) is 9.88 Å². The minimum atomic E-state index is -4.60. The van der Waals surface area contributed by atoms with Crippen LogP contribution in [0.1, 0.15) is 20.8 Å². The van der Waals surface area contributed by atoms with Gasteiger partial charge in [0.25, 0.3) is 5.91 Å². The first-order valence-corrected chi connectivity index (χ1v) is 9.14. The Hall–Kier alpha value is -3.25. The number of nitrogens with zero attached hydrogens (tertiary/aromatic N) is 3. The van der Waals surface area contributed by atoms with E-state index in [1.165, 1.54) is 42.5 Å². The molecule has 1 aromatic heterocycles. The van der Waals surface area contributed by atoms with Gasteiger partial charge >= 0.3 is 6.18 Å². The second-order valence-corrected chi connectivity index (χ2v) is 7.13. The van der Waals surface area contributed by atoms with Crippen LogP contribution in [0.25, 0.3) is 10.6 Å². The van der Waals surface area contributed by atoms with E-state index in [2.05, 4.69) is 4.98 Å². The van der Waals surface area contributed by atoms with Crippen molar-refractivity contribution in [3.8, 4) is 16.6 Å². The average molecular weight is 419 g/mol. The number of thiazole rings is 1. The molecule has 1 heterocycles. The molecule has 0 unspecified atom stereocenters. The van der Waals surface area contributed by atoms with Crippen molar-refractivity contribution < 1.29 is 22.4 Å². The number of rotatable bonds is 5. The molecule has 148 valence electrons. The van der Waals surface area contributed by atoms with Crippen molar-refractivity contribution >= 4 is 17.2 Å². The van der Waals surface area contributed by atoms with Gasteiger partial charge in [0.2, 0.25) is 0 Å². The van der Waals surface area contributed by atoms with Gasteiger partial charge in [0.15, 0.2) is 0 Å². The van der Waals surface area contributed by atoms with Gasteiger partial charge in [-0.15, -0.1) is 11.3 Å². The van der Waals surface area contributed by atoms with E-state index in [1.54, 1.807) is 6.07 Å². The van der Waals surface area contributed by atoms with Gasteiger partial charge < -0.3 is 4.90 Å². The van der Waals surface area contributed by atoms with E-state index in [-0.39, 0.29) is 22.0 Å². The highest BCUT2D eigenvalue weighted by atomic mass is 32.1. The Morgan fingerprint density at radius 3 is 2.45 bits per heavy atom. The molecule has 3 aromatic rings. The van der Waals surface area contributed by atoms with Gasteiger partial charge in [0.05, 0.1) is 17.8 Å². The zero-order valence-electron chi connectivity index (χ0n) is 14.8. The number of alkyl halides is 3. The molecule has 2 aromatic carbocycles. The molecule has 29 heavy (non-hydrogen) atoms. The molecule has 9 heteroatoms. The first-order chi connectivity index (χ1) is 13.8. The van der Waals surface area contributed by atoms with E-state index in [9.17, 15) is 22.4 Å². The van der Waals surface area contributed by atoms with Gasteiger partial charge in [-0.2, -0.15) is 18.4 Å². The van der Waals surface area contributed by atoms with Crippen LogP contribution in [-0.4, -0.2) is 28.5 Å². The number of benzene rings is 2. The fraction of sp³-hybridized carbons (Fsp3) is 0.150.